The molecule has 1 aliphatic rings. The molecule has 2 rings (SSSR count). The standard InChI is InChI=1S/C20H27FN2O4/c1-20(2,3)27-19(25)23-10-9-16(23)14-26-17-12-15(13-22-18(17)21)8-6-4-5-7-11-24/h12-13,16,24H,4-5,7,9-11,14H2,1-3H3. The van der Waals surface area contributed by atoms with Crippen LogP contribution in [-0.4, -0.2) is 52.5 Å². The van der Waals surface area contributed by atoms with Gasteiger partial charge < -0.3 is 19.5 Å². The number of unbranched alkanes of at least 4 members (excludes halogenated alkanes) is 2. The molecule has 148 valence electrons. The van der Waals surface area contributed by atoms with Crippen LogP contribution in [0.3, 0.4) is 0 Å². The number of ether oxygens (including phenoxy) is 2. The van der Waals surface area contributed by atoms with Crippen molar-refractivity contribution in [1.82, 2.24) is 9.88 Å². The Morgan fingerprint density at radius 1 is 1.44 bits per heavy atom. The molecule has 7 heteroatoms. The van der Waals surface area contributed by atoms with Gasteiger partial charge in [-0.3, -0.25) is 0 Å². The zero-order chi connectivity index (χ0) is 19.9. The van der Waals surface area contributed by atoms with Gasteiger partial charge in [0.1, 0.15) is 12.2 Å². The molecule has 0 aliphatic carbocycles. The molecule has 0 radical (unpaired) electrons. The molecular weight excluding hydrogens is 351 g/mol. The molecule has 1 fully saturated rings. The highest BCUT2D eigenvalue weighted by atomic mass is 19.1. The fraction of sp³-hybridized carbons (Fsp3) is 0.600. The van der Waals surface area contributed by atoms with E-state index in [4.69, 9.17) is 14.6 Å². The van der Waals surface area contributed by atoms with Crippen molar-refractivity contribution in [2.75, 3.05) is 19.8 Å². The molecule has 1 aromatic heterocycles. The van der Waals surface area contributed by atoms with E-state index in [1.807, 2.05) is 20.8 Å². The lowest BCUT2D eigenvalue weighted by atomic mass is 10.1. The molecule has 1 aliphatic heterocycles. The number of carbonyl (C=O) groups is 1. The quantitative estimate of drug-likeness (QED) is 0.468. The predicted molar refractivity (Wildman–Crippen MR) is 98.8 cm³/mol. The number of nitrogens with zero attached hydrogens (tertiary/aromatic N) is 2. The minimum atomic E-state index is -0.705. The number of rotatable bonds is 6. The van der Waals surface area contributed by atoms with E-state index in [0.29, 0.717) is 24.9 Å². The van der Waals surface area contributed by atoms with Crippen LogP contribution in [0.1, 0.15) is 52.0 Å². The molecule has 1 saturated heterocycles. The minimum Gasteiger partial charge on any atom is -0.487 e. The molecule has 1 aromatic rings. The lowest BCUT2D eigenvalue weighted by molar-refractivity contribution is -0.0144. The summed E-state index contributed by atoms with van der Waals surface area (Å²) in [5.41, 5.74) is 0.00571. The van der Waals surface area contributed by atoms with E-state index in [0.717, 1.165) is 12.8 Å². The highest BCUT2D eigenvalue weighted by Gasteiger charge is 2.35. The van der Waals surface area contributed by atoms with E-state index in [-0.39, 0.29) is 31.1 Å². The first-order valence-electron chi connectivity index (χ1n) is 9.18. The number of pyridine rings is 1. The van der Waals surface area contributed by atoms with Crippen LogP contribution in [0.5, 0.6) is 5.75 Å². The van der Waals surface area contributed by atoms with Crippen LogP contribution < -0.4 is 4.74 Å². The number of hydrogen-bond acceptors (Lipinski definition) is 5. The number of aliphatic hydroxyl groups excluding tert-OH is 1. The van der Waals surface area contributed by atoms with Crippen molar-refractivity contribution in [2.24, 2.45) is 0 Å². The summed E-state index contributed by atoms with van der Waals surface area (Å²) in [6, 6.07) is 1.37. The molecule has 0 spiro atoms. The maximum atomic E-state index is 13.9. The number of aliphatic hydroxyl groups is 1. The largest absolute Gasteiger partial charge is 0.487 e. The third-order valence-electron chi connectivity index (χ3n) is 3.95. The summed E-state index contributed by atoms with van der Waals surface area (Å²) >= 11 is 0. The van der Waals surface area contributed by atoms with Gasteiger partial charge in [0, 0.05) is 37.4 Å². The van der Waals surface area contributed by atoms with Gasteiger partial charge in [-0.25, -0.2) is 9.78 Å². The molecule has 0 saturated carbocycles. The summed E-state index contributed by atoms with van der Waals surface area (Å²) in [5.74, 6) is 5.20. The van der Waals surface area contributed by atoms with E-state index in [2.05, 4.69) is 16.8 Å². The van der Waals surface area contributed by atoms with E-state index in [1.54, 1.807) is 4.90 Å². The highest BCUT2D eigenvalue weighted by Crippen LogP contribution is 2.23. The van der Waals surface area contributed by atoms with Gasteiger partial charge in [0.25, 0.3) is 5.95 Å². The van der Waals surface area contributed by atoms with Crippen molar-refractivity contribution in [2.45, 2.75) is 58.1 Å². The fourth-order valence-electron chi connectivity index (χ4n) is 2.45. The van der Waals surface area contributed by atoms with Gasteiger partial charge >= 0.3 is 6.09 Å². The Kier molecular flexibility index (Phi) is 7.43. The first-order valence-corrected chi connectivity index (χ1v) is 9.18. The first kappa shape index (κ1) is 21.0. The molecule has 0 bridgehead atoms. The van der Waals surface area contributed by atoms with E-state index >= 15 is 0 Å². The van der Waals surface area contributed by atoms with Crippen LogP contribution in [0.25, 0.3) is 0 Å². The SMILES string of the molecule is CC(C)(C)OC(=O)N1CCC1COc1cc(C#CCCCCO)cnc1F. The third-order valence-corrected chi connectivity index (χ3v) is 3.95. The van der Waals surface area contributed by atoms with Gasteiger partial charge in [-0.05, 0) is 40.0 Å². The molecule has 1 N–H and O–H groups in total. The van der Waals surface area contributed by atoms with Gasteiger partial charge in [0.2, 0.25) is 0 Å². The number of likely N-dealkylation sites (tertiary alicyclic amines) is 1. The van der Waals surface area contributed by atoms with Gasteiger partial charge in [-0.2, -0.15) is 4.39 Å². The molecule has 0 aromatic carbocycles. The summed E-state index contributed by atoms with van der Waals surface area (Å²) in [4.78, 5) is 17.4. The van der Waals surface area contributed by atoms with Crippen LogP contribution >= 0.6 is 0 Å². The normalized spacial score (nSPS) is 16.2. The van der Waals surface area contributed by atoms with Gasteiger partial charge in [0.05, 0.1) is 6.04 Å². The van der Waals surface area contributed by atoms with Crippen molar-refractivity contribution < 1.29 is 23.8 Å². The van der Waals surface area contributed by atoms with Crippen LogP contribution in [0, 0.1) is 17.8 Å². The van der Waals surface area contributed by atoms with Crippen LogP contribution in [0.15, 0.2) is 12.3 Å². The van der Waals surface area contributed by atoms with Crippen molar-refractivity contribution in [3.05, 3.63) is 23.8 Å². The van der Waals surface area contributed by atoms with Crippen molar-refractivity contribution in [1.29, 1.82) is 0 Å². The Morgan fingerprint density at radius 2 is 2.22 bits per heavy atom. The van der Waals surface area contributed by atoms with Crippen LogP contribution in [-0.2, 0) is 4.74 Å². The number of halogens is 1. The maximum Gasteiger partial charge on any atom is 0.410 e. The van der Waals surface area contributed by atoms with Gasteiger partial charge in [-0.15, -0.1) is 0 Å². The Morgan fingerprint density at radius 3 is 2.85 bits per heavy atom. The molecule has 1 atom stereocenters. The van der Waals surface area contributed by atoms with E-state index < -0.39 is 11.5 Å². The number of aromatic nitrogens is 1. The lowest BCUT2D eigenvalue weighted by Crippen LogP contribution is -2.55. The third kappa shape index (κ3) is 6.72. The van der Waals surface area contributed by atoms with E-state index in [1.165, 1.54) is 12.3 Å². The second-order valence-electron chi connectivity index (χ2n) is 7.42. The summed E-state index contributed by atoms with van der Waals surface area (Å²) in [7, 11) is 0. The topological polar surface area (TPSA) is 71.9 Å². The number of amides is 1. The predicted octanol–water partition coefficient (Wildman–Crippen LogP) is 3.12. The summed E-state index contributed by atoms with van der Waals surface area (Å²) in [6.45, 7) is 6.36. The highest BCUT2D eigenvalue weighted by molar-refractivity contribution is 5.69. The Balaban J connectivity index is 1.90. The average molecular weight is 378 g/mol. The Bertz CT molecular complexity index is 706. The van der Waals surface area contributed by atoms with Crippen molar-refractivity contribution in [3.63, 3.8) is 0 Å². The smallest absolute Gasteiger partial charge is 0.410 e. The molecule has 1 amide bonds. The molecule has 27 heavy (non-hydrogen) atoms. The molecule has 2 heterocycles. The van der Waals surface area contributed by atoms with Gasteiger partial charge in [0.15, 0.2) is 5.75 Å². The maximum absolute atomic E-state index is 13.9. The number of carbonyl (C=O) groups excluding carboxylic acids is 1. The Labute approximate surface area is 159 Å². The van der Waals surface area contributed by atoms with Gasteiger partial charge in [-0.1, -0.05) is 11.8 Å². The monoisotopic (exact) mass is 378 g/mol. The second kappa shape index (κ2) is 9.56. The van der Waals surface area contributed by atoms with Crippen molar-refractivity contribution in [3.8, 4) is 17.6 Å². The van der Waals surface area contributed by atoms with Crippen LogP contribution in [0.2, 0.25) is 0 Å². The molecule has 6 nitrogen and oxygen atoms in total. The first-order chi connectivity index (χ1) is 12.8. The minimum absolute atomic E-state index is 0.0215. The lowest BCUT2D eigenvalue weighted by Gasteiger charge is -2.40. The molecule has 1 unspecified atom stereocenters. The zero-order valence-corrected chi connectivity index (χ0v) is 16.1. The second-order valence-corrected chi connectivity index (χ2v) is 7.42. The zero-order valence-electron chi connectivity index (χ0n) is 16.1. The summed E-state index contributed by atoms with van der Waals surface area (Å²) in [6.07, 6.45) is 3.92. The number of hydrogen-bond donors (Lipinski definition) is 1. The summed E-state index contributed by atoms with van der Waals surface area (Å²) in [5, 5.41) is 8.74. The average Bonchev–Trinajstić information content (AvgIpc) is 2.54. The summed E-state index contributed by atoms with van der Waals surface area (Å²) < 4.78 is 24.8. The van der Waals surface area contributed by atoms with Crippen molar-refractivity contribution >= 4 is 6.09 Å². The molecular formula is C20H27FN2O4. The Hall–Kier alpha value is -2.33. The van der Waals surface area contributed by atoms with E-state index in [9.17, 15) is 9.18 Å². The van der Waals surface area contributed by atoms with Crippen LogP contribution in [0.4, 0.5) is 9.18 Å². The fourth-order valence-corrected chi connectivity index (χ4v) is 2.45.